The number of fused-ring (bicyclic) bond motifs is 1. The molecule has 1 saturated heterocycles. The van der Waals surface area contributed by atoms with Gasteiger partial charge in [-0.25, -0.2) is 9.97 Å². The van der Waals surface area contributed by atoms with Gasteiger partial charge in [0.25, 0.3) is 0 Å². The van der Waals surface area contributed by atoms with Crippen LogP contribution in [0.3, 0.4) is 0 Å². The smallest absolute Gasteiger partial charge is 0.135 e. The van der Waals surface area contributed by atoms with E-state index in [2.05, 4.69) is 27.0 Å². The maximum Gasteiger partial charge on any atom is 0.135 e. The third-order valence-electron chi connectivity index (χ3n) is 3.82. The lowest BCUT2D eigenvalue weighted by molar-refractivity contribution is 0.805. The SMILES string of the molecule is CC.Nc1csc(-c2ccc(N3CC4CC4C3)nc2)n1. The maximum absolute atomic E-state index is 5.64. The van der Waals surface area contributed by atoms with Gasteiger partial charge in [0.05, 0.1) is 0 Å². The Balaban J connectivity index is 0.000000581. The summed E-state index contributed by atoms with van der Waals surface area (Å²) < 4.78 is 0. The Morgan fingerprint density at radius 1 is 1.25 bits per heavy atom. The van der Waals surface area contributed by atoms with Crippen molar-refractivity contribution in [3.05, 3.63) is 23.7 Å². The van der Waals surface area contributed by atoms with E-state index in [9.17, 15) is 0 Å². The van der Waals surface area contributed by atoms with Crippen molar-refractivity contribution >= 4 is 23.0 Å². The van der Waals surface area contributed by atoms with E-state index in [1.165, 1.54) is 19.5 Å². The highest BCUT2D eigenvalue weighted by Crippen LogP contribution is 2.45. The largest absolute Gasteiger partial charge is 0.383 e. The van der Waals surface area contributed by atoms with Crippen molar-refractivity contribution in [3.63, 3.8) is 0 Å². The highest BCUT2D eigenvalue weighted by molar-refractivity contribution is 7.13. The first-order chi connectivity index (χ1) is 9.79. The summed E-state index contributed by atoms with van der Waals surface area (Å²) >= 11 is 1.56. The van der Waals surface area contributed by atoms with Crippen molar-refractivity contribution < 1.29 is 0 Å². The van der Waals surface area contributed by atoms with Gasteiger partial charge in [0.1, 0.15) is 16.6 Å². The van der Waals surface area contributed by atoms with Crippen LogP contribution >= 0.6 is 11.3 Å². The zero-order valence-electron chi connectivity index (χ0n) is 11.9. The van der Waals surface area contributed by atoms with Crippen LogP contribution in [0.25, 0.3) is 10.6 Å². The van der Waals surface area contributed by atoms with E-state index in [1.807, 2.05) is 25.4 Å². The number of aromatic nitrogens is 2. The quantitative estimate of drug-likeness (QED) is 0.921. The molecule has 2 fully saturated rings. The minimum atomic E-state index is 0.582. The highest BCUT2D eigenvalue weighted by atomic mass is 32.1. The monoisotopic (exact) mass is 288 g/mol. The van der Waals surface area contributed by atoms with Gasteiger partial charge in [0.15, 0.2) is 0 Å². The molecule has 1 aliphatic carbocycles. The highest BCUT2D eigenvalue weighted by Gasteiger charge is 2.45. The van der Waals surface area contributed by atoms with Gasteiger partial charge < -0.3 is 10.6 Å². The van der Waals surface area contributed by atoms with Gasteiger partial charge >= 0.3 is 0 Å². The summed E-state index contributed by atoms with van der Waals surface area (Å²) in [7, 11) is 0. The molecular weight excluding hydrogens is 268 g/mol. The summed E-state index contributed by atoms with van der Waals surface area (Å²) in [5.74, 6) is 3.55. The van der Waals surface area contributed by atoms with Gasteiger partial charge in [-0.3, -0.25) is 0 Å². The number of thiazole rings is 1. The third kappa shape index (κ3) is 2.50. The Bertz CT molecular complexity index is 568. The van der Waals surface area contributed by atoms with Crippen LogP contribution in [-0.2, 0) is 0 Å². The molecule has 0 bridgehead atoms. The van der Waals surface area contributed by atoms with Gasteiger partial charge in [-0.1, -0.05) is 13.8 Å². The average Bonchev–Trinajstić information content (AvgIpc) is 2.90. The van der Waals surface area contributed by atoms with Crippen LogP contribution in [-0.4, -0.2) is 23.1 Å². The van der Waals surface area contributed by atoms with Crippen LogP contribution < -0.4 is 10.6 Å². The minimum absolute atomic E-state index is 0.582. The Morgan fingerprint density at radius 2 is 2.00 bits per heavy atom. The second-order valence-electron chi connectivity index (χ2n) is 5.14. The van der Waals surface area contributed by atoms with E-state index < -0.39 is 0 Å². The number of hydrogen-bond donors (Lipinski definition) is 1. The normalized spacial score (nSPS) is 23.0. The zero-order chi connectivity index (χ0) is 14.1. The van der Waals surface area contributed by atoms with Crippen molar-refractivity contribution in [2.24, 2.45) is 11.8 Å². The van der Waals surface area contributed by atoms with Crippen LogP contribution in [0.4, 0.5) is 11.6 Å². The van der Waals surface area contributed by atoms with E-state index in [1.54, 1.807) is 11.3 Å². The molecule has 2 aliphatic rings. The first-order valence-electron chi connectivity index (χ1n) is 7.22. The lowest BCUT2D eigenvalue weighted by Gasteiger charge is -2.18. The molecule has 0 aromatic carbocycles. The zero-order valence-corrected chi connectivity index (χ0v) is 12.7. The maximum atomic E-state index is 5.64. The summed E-state index contributed by atoms with van der Waals surface area (Å²) in [4.78, 5) is 11.2. The number of rotatable bonds is 2. The van der Waals surface area contributed by atoms with Crippen molar-refractivity contribution in [2.75, 3.05) is 23.7 Å². The molecule has 0 amide bonds. The van der Waals surface area contributed by atoms with Crippen molar-refractivity contribution in [2.45, 2.75) is 20.3 Å². The molecule has 2 unspecified atom stereocenters. The molecule has 0 spiro atoms. The fraction of sp³-hybridized carbons (Fsp3) is 0.467. The Labute approximate surface area is 123 Å². The predicted octanol–water partition coefficient (Wildman–Crippen LogP) is 3.27. The number of piperidine rings is 1. The number of nitrogen functional groups attached to an aromatic ring is 1. The van der Waals surface area contributed by atoms with Gasteiger partial charge in [0.2, 0.25) is 0 Å². The molecule has 4 rings (SSSR count). The second-order valence-corrected chi connectivity index (χ2v) is 6.00. The van der Waals surface area contributed by atoms with Gasteiger partial charge in [0, 0.05) is 30.2 Å². The first kappa shape index (κ1) is 13.4. The molecule has 2 aromatic rings. The van der Waals surface area contributed by atoms with Crippen LogP contribution in [0, 0.1) is 11.8 Å². The molecule has 106 valence electrons. The Kier molecular flexibility index (Phi) is 3.61. The lowest BCUT2D eigenvalue weighted by atomic mass is 10.3. The van der Waals surface area contributed by atoms with E-state index in [-0.39, 0.29) is 0 Å². The molecular formula is C15H20N4S. The van der Waals surface area contributed by atoms with Crippen LogP contribution in [0.5, 0.6) is 0 Å². The van der Waals surface area contributed by atoms with Crippen molar-refractivity contribution in [1.29, 1.82) is 0 Å². The van der Waals surface area contributed by atoms with Crippen molar-refractivity contribution in [3.8, 4) is 10.6 Å². The number of pyridine rings is 1. The molecule has 3 heterocycles. The number of nitrogens with two attached hydrogens (primary N) is 1. The summed E-state index contributed by atoms with van der Waals surface area (Å²) in [6.45, 7) is 6.36. The summed E-state index contributed by atoms with van der Waals surface area (Å²) in [5.41, 5.74) is 6.68. The molecule has 0 radical (unpaired) electrons. The average molecular weight is 288 g/mol. The molecule has 2 N–H and O–H groups in total. The number of nitrogens with zero attached hydrogens (tertiary/aromatic N) is 3. The lowest BCUT2D eigenvalue weighted by Crippen LogP contribution is -2.22. The number of anilines is 2. The van der Waals surface area contributed by atoms with E-state index >= 15 is 0 Å². The van der Waals surface area contributed by atoms with Crippen LogP contribution in [0.2, 0.25) is 0 Å². The summed E-state index contributed by atoms with van der Waals surface area (Å²) in [5, 5.41) is 2.80. The fourth-order valence-corrected chi connectivity index (χ4v) is 3.40. The van der Waals surface area contributed by atoms with E-state index in [0.717, 1.165) is 28.2 Å². The van der Waals surface area contributed by atoms with Crippen molar-refractivity contribution in [1.82, 2.24) is 9.97 Å². The van der Waals surface area contributed by atoms with E-state index in [4.69, 9.17) is 5.73 Å². The topological polar surface area (TPSA) is 55.0 Å². The summed E-state index contributed by atoms with van der Waals surface area (Å²) in [6, 6.07) is 4.18. The Morgan fingerprint density at radius 3 is 2.55 bits per heavy atom. The third-order valence-corrected chi connectivity index (χ3v) is 4.73. The molecule has 2 aromatic heterocycles. The fourth-order valence-electron chi connectivity index (χ4n) is 2.70. The molecule has 5 heteroatoms. The van der Waals surface area contributed by atoms with E-state index in [0.29, 0.717) is 5.82 Å². The Hall–Kier alpha value is -1.62. The van der Waals surface area contributed by atoms with Gasteiger partial charge in [-0.15, -0.1) is 11.3 Å². The van der Waals surface area contributed by atoms with Crippen LogP contribution in [0.1, 0.15) is 20.3 Å². The van der Waals surface area contributed by atoms with Gasteiger partial charge in [-0.05, 0) is 30.4 Å². The molecule has 4 nitrogen and oxygen atoms in total. The molecule has 1 saturated carbocycles. The predicted molar refractivity (Wildman–Crippen MR) is 84.9 cm³/mol. The molecule has 2 atom stereocenters. The van der Waals surface area contributed by atoms with Crippen LogP contribution in [0.15, 0.2) is 23.7 Å². The molecule has 1 aliphatic heterocycles. The second kappa shape index (κ2) is 5.40. The summed E-state index contributed by atoms with van der Waals surface area (Å²) in [6.07, 6.45) is 3.32. The molecule has 20 heavy (non-hydrogen) atoms. The number of hydrogen-bond acceptors (Lipinski definition) is 5. The first-order valence-corrected chi connectivity index (χ1v) is 8.10. The standard InChI is InChI=1S/C13H14N4S.C2H6/c14-11-7-18-13(16-11)8-1-2-12(15-4-8)17-5-9-3-10(9)6-17;1-2/h1-2,4,7,9-10H,3,5-6,14H2;1-2H3. The minimum Gasteiger partial charge on any atom is -0.383 e. The van der Waals surface area contributed by atoms with Gasteiger partial charge in [-0.2, -0.15) is 0 Å².